The summed E-state index contributed by atoms with van der Waals surface area (Å²) < 4.78 is 21.8. The summed E-state index contributed by atoms with van der Waals surface area (Å²) in [5.41, 5.74) is 1.57. The van der Waals surface area contributed by atoms with E-state index in [9.17, 15) is 9.00 Å². The number of carbonyl (C=O) groups is 1. The van der Waals surface area contributed by atoms with Crippen LogP contribution in [0.3, 0.4) is 0 Å². The van der Waals surface area contributed by atoms with Crippen molar-refractivity contribution in [3.05, 3.63) is 120 Å². The Bertz CT molecular complexity index is 1370. The zero-order valence-electron chi connectivity index (χ0n) is 16.8. The highest BCUT2D eigenvalue weighted by Crippen LogP contribution is 2.20. The second kappa shape index (κ2) is 10.2. The van der Waals surface area contributed by atoms with Gasteiger partial charge >= 0.3 is 0 Å². The van der Waals surface area contributed by atoms with E-state index < -0.39 is 16.5 Å². The highest BCUT2D eigenvalue weighted by molar-refractivity contribution is 7.75. The zero-order valence-corrected chi connectivity index (χ0v) is 17.7. The molecule has 0 aliphatic rings. The van der Waals surface area contributed by atoms with Gasteiger partial charge in [0, 0.05) is 23.5 Å². The molecule has 0 aliphatic carbocycles. The minimum Gasteiger partial charge on any atom is -0.457 e. The largest absolute Gasteiger partial charge is 0.457 e. The Morgan fingerprint density at radius 2 is 1.41 bits per heavy atom. The van der Waals surface area contributed by atoms with Gasteiger partial charge < -0.3 is 13.3 Å². The van der Waals surface area contributed by atoms with E-state index in [4.69, 9.17) is 4.74 Å². The molecule has 0 fully saturated rings. The van der Waals surface area contributed by atoms with E-state index in [0.29, 0.717) is 16.2 Å². The molecule has 4 rings (SSSR count). The van der Waals surface area contributed by atoms with Crippen LogP contribution < -0.4 is 4.74 Å². The molecule has 1 aromatic heterocycles. The number of aromatic nitrogens is 1. The van der Waals surface area contributed by atoms with E-state index >= 15 is 0 Å². The molecule has 1 heterocycles. The molecule has 0 saturated carbocycles. The molecule has 4 aromatic rings. The monoisotopic (exact) mass is 437 g/mol. The normalized spacial score (nSPS) is 11.2. The van der Waals surface area contributed by atoms with Crippen molar-refractivity contribution in [3.8, 4) is 23.3 Å². The van der Waals surface area contributed by atoms with Gasteiger partial charge in [0.25, 0.3) is 5.91 Å². The minimum absolute atomic E-state index is 0.229. The first-order valence-corrected chi connectivity index (χ1v) is 10.8. The lowest BCUT2D eigenvalue weighted by atomic mass is 10.1. The summed E-state index contributed by atoms with van der Waals surface area (Å²) in [6.45, 7) is 0. The van der Waals surface area contributed by atoms with Gasteiger partial charge in [0.2, 0.25) is 0 Å². The van der Waals surface area contributed by atoms with E-state index in [1.165, 1.54) is 6.20 Å². The second-order valence-electron chi connectivity index (χ2n) is 6.61. The third kappa shape index (κ3) is 5.69. The van der Waals surface area contributed by atoms with Crippen LogP contribution >= 0.6 is 0 Å². The van der Waals surface area contributed by atoms with Crippen LogP contribution in [-0.4, -0.2) is 10.9 Å². The summed E-state index contributed by atoms with van der Waals surface area (Å²) in [6.07, 6.45) is 2.94. The molecule has 0 spiro atoms. The third-order valence-corrected chi connectivity index (χ3v) is 5.29. The van der Waals surface area contributed by atoms with Gasteiger partial charge in [-0.15, -0.1) is 0 Å². The molecule has 0 bridgehead atoms. The number of hydrogen-bond acceptors (Lipinski definition) is 5. The molecule has 5 nitrogen and oxygen atoms in total. The molecule has 6 heteroatoms. The Hall–Kier alpha value is -4.21. The zero-order chi connectivity index (χ0) is 22.2. The number of ether oxygens (including phenoxy) is 1. The molecule has 3 aromatic carbocycles. The Kier molecular flexibility index (Phi) is 6.71. The Morgan fingerprint density at radius 3 is 2.12 bits per heavy atom. The molecule has 156 valence electrons. The van der Waals surface area contributed by atoms with Gasteiger partial charge in [0.05, 0.1) is 5.56 Å². The van der Waals surface area contributed by atoms with Gasteiger partial charge in [-0.2, -0.15) is 10.6 Å². The van der Waals surface area contributed by atoms with Gasteiger partial charge in [-0.05, 0) is 42.5 Å². The lowest BCUT2D eigenvalue weighted by Gasteiger charge is -2.05. The van der Waals surface area contributed by atoms with Gasteiger partial charge in [-0.3, -0.25) is 9.78 Å². The number of rotatable bonds is 4. The maximum atomic E-state index is 12.4. The summed E-state index contributed by atoms with van der Waals surface area (Å²) in [4.78, 5) is 16.9. The number of hydrogen-bond donors (Lipinski definition) is 0. The fourth-order valence-corrected chi connectivity index (χ4v) is 3.47. The van der Waals surface area contributed by atoms with Crippen molar-refractivity contribution in [3.63, 3.8) is 0 Å². The fraction of sp³-hybridized carbons (Fsp3) is 0. The lowest BCUT2D eigenvalue weighted by Crippen LogP contribution is -1.97. The standard InChI is InChI=1S/C26H17N2O3S/c29-26(28-32(30)25-9-5-2-6-10-25)22-17-21(18-27-19-22)12-11-20-13-15-24(16-14-20)31-23-7-3-1-4-8-23/h1-10,13-19H/q-1. The predicted octanol–water partition coefficient (Wildman–Crippen LogP) is 5.62. The Morgan fingerprint density at radius 1 is 0.781 bits per heavy atom. The van der Waals surface area contributed by atoms with Crippen LogP contribution in [0.5, 0.6) is 11.5 Å². The average Bonchev–Trinajstić information content (AvgIpc) is 2.85. The number of nitrogens with zero attached hydrogens (tertiary/aromatic N) is 2. The number of pyridine rings is 1. The van der Waals surface area contributed by atoms with Crippen LogP contribution in [0.2, 0.25) is 0 Å². The van der Waals surface area contributed by atoms with Crippen molar-refractivity contribution >= 4 is 16.5 Å². The number of benzene rings is 3. The summed E-state index contributed by atoms with van der Waals surface area (Å²) >= 11 is 0. The van der Waals surface area contributed by atoms with E-state index in [2.05, 4.69) is 21.2 Å². The van der Waals surface area contributed by atoms with Crippen LogP contribution in [0.4, 0.5) is 0 Å². The van der Waals surface area contributed by atoms with Crippen molar-refractivity contribution in [1.29, 1.82) is 0 Å². The highest BCUT2D eigenvalue weighted by Gasteiger charge is 2.03. The first-order chi connectivity index (χ1) is 15.7. The van der Waals surface area contributed by atoms with Crippen molar-refractivity contribution in [1.82, 2.24) is 4.98 Å². The van der Waals surface area contributed by atoms with Crippen LogP contribution in [0, 0.1) is 11.8 Å². The SMILES string of the molecule is O=C(N=[S-](=O)c1ccccc1)c1cncc(C#Cc2ccc(Oc3ccccc3)cc2)c1. The molecule has 0 unspecified atom stereocenters. The topological polar surface area (TPSA) is 68.6 Å². The molecular weight excluding hydrogens is 420 g/mol. The van der Waals surface area contributed by atoms with Gasteiger partial charge in [-0.1, -0.05) is 65.3 Å². The van der Waals surface area contributed by atoms with Crippen LogP contribution in [0.15, 0.2) is 113 Å². The average molecular weight is 438 g/mol. The smallest absolute Gasteiger partial charge is 0.255 e. The quantitative estimate of drug-likeness (QED) is 0.307. The summed E-state index contributed by atoms with van der Waals surface area (Å²) in [6, 6.07) is 27.1. The van der Waals surface area contributed by atoms with Crippen molar-refractivity contribution in [2.45, 2.75) is 4.90 Å². The van der Waals surface area contributed by atoms with Crippen molar-refractivity contribution < 1.29 is 13.7 Å². The lowest BCUT2D eigenvalue weighted by molar-refractivity contribution is 0.100. The second-order valence-corrected chi connectivity index (χ2v) is 7.76. The summed E-state index contributed by atoms with van der Waals surface area (Å²) in [5.74, 6) is 6.89. The number of para-hydroxylation sites is 1. The van der Waals surface area contributed by atoms with E-state index in [-0.39, 0.29) is 5.56 Å². The highest BCUT2D eigenvalue weighted by atomic mass is 32.2. The molecule has 0 N–H and O–H groups in total. The fourth-order valence-electron chi connectivity index (χ4n) is 2.72. The maximum Gasteiger partial charge on any atom is 0.255 e. The summed E-state index contributed by atoms with van der Waals surface area (Å²) in [5, 5.41) is 0. The molecule has 0 radical (unpaired) electrons. The van der Waals surface area contributed by atoms with E-state index in [1.54, 1.807) is 42.6 Å². The summed E-state index contributed by atoms with van der Waals surface area (Å²) in [7, 11) is -1.77. The maximum absolute atomic E-state index is 12.4. The molecule has 0 aliphatic heterocycles. The molecule has 0 saturated heterocycles. The van der Waals surface area contributed by atoms with Gasteiger partial charge in [0.1, 0.15) is 11.5 Å². The van der Waals surface area contributed by atoms with Crippen LogP contribution in [-0.2, 0) is 14.8 Å². The number of amides is 1. The molecule has 1 amide bonds. The van der Waals surface area contributed by atoms with E-state index in [0.717, 1.165) is 11.3 Å². The number of carbonyl (C=O) groups excluding carboxylic acids is 1. The first-order valence-electron chi connectivity index (χ1n) is 9.70. The Labute approximate surface area is 188 Å². The van der Waals surface area contributed by atoms with Gasteiger partial charge in [0.15, 0.2) is 0 Å². The third-order valence-electron chi connectivity index (χ3n) is 4.28. The molecular formula is C26H17N2O3S-. The molecule has 0 atom stereocenters. The molecule has 32 heavy (non-hydrogen) atoms. The van der Waals surface area contributed by atoms with E-state index in [1.807, 2.05) is 54.6 Å². The minimum atomic E-state index is -1.77. The van der Waals surface area contributed by atoms with Crippen LogP contribution in [0.25, 0.3) is 0 Å². The van der Waals surface area contributed by atoms with Gasteiger partial charge in [-0.25, -0.2) is 0 Å². The van der Waals surface area contributed by atoms with Crippen LogP contribution in [0.1, 0.15) is 21.5 Å². The Balaban J connectivity index is 1.46. The van der Waals surface area contributed by atoms with Crippen molar-refractivity contribution in [2.24, 2.45) is 4.36 Å². The first kappa shape index (κ1) is 21.0. The predicted molar refractivity (Wildman–Crippen MR) is 123 cm³/mol. The van der Waals surface area contributed by atoms with Crippen molar-refractivity contribution in [2.75, 3.05) is 0 Å².